The average Bonchev–Trinajstić information content (AvgIpc) is 2.52. The number of aliphatic hydroxyl groups excluding tert-OH is 1. The van der Waals surface area contributed by atoms with Gasteiger partial charge in [-0.1, -0.05) is 39.3 Å². The lowest BCUT2D eigenvalue weighted by Crippen LogP contribution is -2.66. The quantitative estimate of drug-likeness (QED) is 0.541. The summed E-state index contributed by atoms with van der Waals surface area (Å²) >= 11 is 0. The minimum atomic E-state index is -1.15. The van der Waals surface area contributed by atoms with Crippen LogP contribution in [-0.2, 0) is 14.3 Å². The Morgan fingerprint density at radius 2 is 1.84 bits per heavy atom. The van der Waals surface area contributed by atoms with Gasteiger partial charge in [0, 0.05) is 10.8 Å². The van der Waals surface area contributed by atoms with E-state index in [-0.39, 0.29) is 34.6 Å². The van der Waals surface area contributed by atoms with Crippen molar-refractivity contribution in [1.82, 2.24) is 0 Å². The third-order valence-corrected chi connectivity index (χ3v) is 8.05. The normalized spacial score (nSPS) is 47.9. The van der Waals surface area contributed by atoms with Crippen molar-refractivity contribution in [2.45, 2.75) is 66.1 Å². The SMILES string of the molecule is CC1=C2C(O)C(=O)OC3CC4C(C)(C)C(=O)C=C[C@]4(C)C(CC1)[C@]23C. The number of esters is 1. The van der Waals surface area contributed by atoms with Crippen LogP contribution >= 0.6 is 0 Å². The van der Waals surface area contributed by atoms with Crippen molar-refractivity contribution in [2.75, 3.05) is 0 Å². The van der Waals surface area contributed by atoms with Crippen molar-refractivity contribution < 1.29 is 19.4 Å². The molecule has 4 heteroatoms. The molecular weight excluding hydrogens is 316 g/mol. The second-order valence-corrected chi connectivity index (χ2v) is 9.47. The van der Waals surface area contributed by atoms with E-state index in [2.05, 4.69) is 19.9 Å². The molecule has 1 N–H and O–H groups in total. The molecule has 0 aromatic heterocycles. The highest BCUT2D eigenvalue weighted by atomic mass is 16.6. The van der Waals surface area contributed by atoms with Gasteiger partial charge >= 0.3 is 5.97 Å². The van der Waals surface area contributed by atoms with E-state index < -0.39 is 17.5 Å². The van der Waals surface area contributed by atoms with Gasteiger partial charge in [-0.2, -0.15) is 0 Å². The molecule has 4 nitrogen and oxygen atoms in total. The summed E-state index contributed by atoms with van der Waals surface area (Å²) in [4.78, 5) is 24.9. The Morgan fingerprint density at radius 3 is 2.52 bits per heavy atom. The lowest BCUT2D eigenvalue weighted by Gasteiger charge is -2.65. The molecule has 0 aromatic rings. The smallest absolute Gasteiger partial charge is 0.339 e. The van der Waals surface area contributed by atoms with Crippen LogP contribution in [0.25, 0.3) is 0 Å². The van der Waals surface area contributed by atoms with Crippen LogP contribution in [0.15, 0.2) is 23.3 Å². The first kappa shape index (κ1) is 17.0. The highest BCUT2D eigenvalue weighted by molar-refractivity contribution is 5.96. The molecule has 6 atom stereocenters. The summed E-state index contributed by atoms with van der Waals surface area (Å²) in [6.07, 6.45) is 5.00. The van der Waals surface area contributed by atoms with Crippen molar-refractivity contribution in [3.8, 4) is 0 Å². The van der Waals surface area contributed by atoms with Gasteiger partial charge in [0.15, 0.2) is 11.9 Å². The maximum absolute atomic E-state index is 12.6. The van der Waals surface area contributed by atoms with Gasteiger partial charge in [0.05, 0.1) is 0 Å². The maximum atomic E-state index is 12.6. The molecule has 2 fully saturated rings. The summed E-state index contributed by atoms with van der Waals surface area (Å²) in [6.45, 7) is 10.5. The lowest BCUT2D eigenvalue weighted by atomic mass is 9.40. The number of hydrogen-bond acceptors (Lipinski definition) is 4. The largest absolute Gasteiger partial charge is 0.459 e. The Hall–Kier alpha value is -1.42. The van der Waals surface area contributed by atoms with Crippen molar-refractivity contribution in [3.63, 3.8) is 0 Å². The van der Waals surface area contributed by atoms with Crippen molar-refractivity contribution in [3.05, 3.63) is 23.3 Å². The van der Waals surface area contributed by atoms with Crippen LogP contribution in [0.1, 0.15) is 53.9 Å². The van der Waals surface area contributed by atoms with Crippen LogP contribution in [0, 0.1) is 28.1 Å². The molecule has 136 valence electrons. The van der Waals surface area contributed by atoms with Gasteiger partial charge in [0.25, 0.3) is 0 Å². The van der Waals surface area contributed by atoms with E-state index in [1.54, 1.807) is 6.08 Å². The monoisotopic (exact) mass is 344 g/mol. The zero-order valence-electron chi connectivity index (χ0n) is 15.8. The number of hydrogen-bond donors (Lipinski definition) is 1. The highest BCUT2D eigenvalue weighted by Crippen LogP contribution is 2.68. The number of ether oxygens (including phenoxy) is 1. The fraction of sp³-hybridized carbons (Fsp3) is 0.714. The summed E-state index contributed by atoms with van der Waals surface area (Å²) in [5, 5.41) is 10.6. The van der Waals surface area contributed by atoms with Crippen LogP contribution in [0.4, 0.5) is 0 Å². The third-order valence-electron chi connectivity index (χ3n) is 8.05. The number of fused-ring (bicyclic) bond motifs is 2. The van der Waals surface area contributed by atoms with E-state index in [1.807, 2.05) is 20.8 Å². The minimum absolute atomic E-state index is 0.128. The van der Waals surface area contributed by atoms with E-state index in [0.29, 0.717) is 6.42 Å². The van der Waals surface area contributed by atoms with E-state index in [9.17, 15) is 14.7 Å². The molecular formula is C21H28O4. The summed E-state index contributed by atoms with van der Waals surface area (Å²) in [7, 11) is 0. The number of carbonyl (C=O) groups excluding carboxylic acids is 2. The molecule has 3 aliphatic carbocycles. The zero-order valence-corrected chi connectivity index (χ0v) is 15.8. The Bertz CT molecular complexity index is 730. The van der Waals surface area contributed by atoms with Crippen LogP contribution in [0.3, 0.4) is 0 Å². The fourth-order valence-electron chi connectivity index (χ4n) is 6.72. The van der Waals surface area contributed by atoms with Crippen molar-refractivity contribution in [2.24, 2.45) is 28.1 Å². The summed E-state index contributed by atoms with van der Waals surface area (Å²) in [5.41, 5.74) is 1.04. The molecule has 4 rings (SSSR count). The Morgan fingerprint density at radius 1 is 1.16 bits per heavy atom. The molecule has 4 unspecified atom stereocenters. The van der Waals surface area contributed by atoms with Gasteiger partial charge in [-0.15, -0.1) is 0 Å². The molecule has 0 aromatic carbocycles. The second kappa shape index (κ2) is 4.85. The number of allylic oxidation sites excluding steroid dienone is 3. The molecule has 0 spiro atoms. The Kier molecular flexibility index (Phi) is 3.30. The van der Waals surface area contributed by atoms with Gasteiger partial charge in [0.1, 0.15) is 6.10 Å². The summed E-state index contributed by atoms with van der Waals surface area (Å²) < 4.78 is 5.75. The van der Waals surface area contributed by atoms with Gasteiger partial charge in [-0.3, -0.25) is 4.79 Å². The Labute approximate surface area is 149 Å². The average molecular weight is 344 g/mol. The minimum Gasteiger partial charge on any atom is -0.459 e. The predicted octanol–water partition coefficient (Wildman–Crippen LogP) is 3.20. The van der Waals surface area contributed by atoms with Crippen molar-refractivity contribution >= 4 is 11.8 Å². The Balaban J connectivity index is 1.93. The molecule has 1 aliphatic heterocycles. The summed E-state index contributed by atoms with van der Waals surface area (Å²) in [5.74, 6) is -0.00262. The van der Waals surface area contributed by atoms with E-state index in [4.69, 9.17) is 4.74 Å². The lowest BCUT2D eigenvalue weighted by molar-refractivity contribution is -0.204. The molecule has 25 heavy (non-hydrogen) atoms. The fourth-order valence-corrected chi connectivity index (χ4v) is 6.72. The summed E-state index contributed by atoms with van der Waals surface area (Å²) in [6, 6.07) is 0. The second-order valence-electron chi connectivity index (χ2n) is 9.47. The van der Waals surface area contributed by atoms with E-state index in [0.717, 1.165) is 24.0 Å². The van der Waals surface area contributed by atoms with Gasteiger partial charge < -0.3 is 9.84 Å². The third kappa shape index (κ3) is 1.87. The molecule has 1 saturated carbocycles. The molecule has 0 amide bonds. The first-order chi connectivity index (χ1) is 11.5. The molecule has 4 aliphatic rings. The molecule has 0 radical (unpaired) electrons. The number of rotatable bonds is 0. The highest BCUT2D eigenvalue weighted by Gasteiger charge is 2.67. The van der Waals surface area contributed by atoms with Crippen LogP contribution in [-0.4, -0.2) is 29.1 Å². The molecule has 1 heterocycles. The van der Waals surface area contributed by atoms with Crippen molar-refractivity contribution in [1.29, 1.82) is 0 Å². The van der Waals surface area contributed by atoms with Gasteiger partial charge in [-0.05, 0) is 55.1 Å². The first-order valence-electron chi connectivity index (χ1n) is 9.37. The molecule has 0 bridgehead atoms. The van der Waals surface area contributed by atoms with Gasteiger partial charge in [0.2, 0.25) is 0 Å². The number of carbonyl (C=O) groups is 2. The standard InChI is InChI=1S/C21H28O4/c1-11-6-7-12-20(4)9-8-14(22)19(2,3)13(20)10-15-21(12,5)16(11)17(23)18(24)25-15/h8-9,12-13,15,17,23H,6-7,10H2,1-5H3/t12?,13?,15?,17?,20-,21+/m1/s1. The zero-order chi connectivity index (χ0) is 18.4. The predicted molar refractivity (Wildman–Crippen MR) is 93.6 cm³/mol. The van der Waals surface area contributed by atoms with Crippen LogP contribution in [0.2, 0.25) is 0 Å². The molecule has 1 saturated heterocycles. The topological polar surface area (TPSA) is 63.6 Å². The van der Waals surface area contributed by atoms with Crippen LogP contribution < -0.4 is 0 Å². The van der Waals surface area contributed by atoms with Gasteiger partial charge in [-0.25, -0.2) is 4.79 Å². The van der Waals surface area contributed by atoms with Crippen LogP contribution in [0.5, 0.6) is 0 Å². The number of aliphatic hydroxyl groups is 1. The van der Waals surface area contributed by atoms with E-state index >= 15 is 0 Å². The maximum Gasteiger partial charge on any atom is 0.339 e. The first-order valence-corrected chi connectivity index (χ1v) is 9.37. The van der Waals surface area contributed by atoms with E-state index in [1.165, 1.54) is 0 Å². The number of ketones is 1.